The monoisotopic (exact) mass is 514 g/mol. The Hall–Kier alpha value is -6.00. The summed E-state index contributed by atoms with van der Waals surface area (Å²) >= 11 is 0. The van der Waals surface area contributed by atoms with E-state index in [0.29, 0.717) is 0 Å². The van der Waals surface area contributed by atoms with Crippen molar-refractivity contribution in [2.45, 2.75) is 6.42 Å². The molecule has 2 aliphatic heterocycles. The highest BCUT2D eigenvalue weighted by Crippen LogP contribution is 2.39. The Morgan fingerprint density at radius 2 is 1.31 bits per heavy atom. The number of imide groups is 2. The second-order valence-corrected chi connectivity index (χ2v) is 8.75. The molecule has 4 N–H and O–H groups in total. The molecule has 0 unspecified atom stereocenters. The fraction of sp³-hybridized carbons (Fsp3) is 0.0345. The van der Waals surface area contributed by atoms with Crippen LogP contribution >= 0.6 is 0 Å². The van der Waals surface area contributed by atoms with Gasteiger partial charge < -0.3 is 11.5 Å². The zero-order chi connectivity index (χ0) is 28.0. The van der Waals surface area contributed by atoms with Crippen LogP contribution in [0.5, 0.6) is 0 Å². The third-order valence-corrected chi connectivity index (χ3v) is 6.57. The zero-order valence-electron chi connectivity index (χ0n) is 20.3. The van der Waals surface area contributed by atoms with Gasteiger partial charge in [0.25, 0.3) is 17.7 Å². The molecule has 0 saturated carbocycles. The van der Waals surface area contributed by atoms with Gasteiger partial charge in [0.1, 0.15) is 12.1 Å². The lowest BCUT2D eigenvalue weighted by Crippen LogP contribution is -2.46. The molecule has 0 radical (unpaired) electrons. The Balaban J connectivity index is 1.65. The van der Waals surface area contributed by atoms with Crippen molar-refractivity contribution in [2.24, 2.45) is 0 Å². The van der Waals surface area contributed by atoms with Crippen molar-refractivity contribution in [3.05, 3.63) is 101 Å². The SMILES string of the molecule is C=C/C=C1/C(=O)N(c2ccc(C#N)c(N)c2)C(=O)c2ccc3c(c21)CC(=O)N(c1ccc(C#N)c(N)c1)C3=O. The Morgan fingerprint density at radius 1 is 0.769 bits per heavy atom. The number of nitrogen functional groups attached to an aromatic ring is 2. The number of allylic oxidation sites excluding steroid dienone is 2. The van der Waals surface area contributed by atoms with Crippen molar-refractivity contribution >= 4 is 52.0 Å². The maximum absolute atomic E-state index is 13.7. The van der Waals surface area contributed by atoms with Gasteiger partial charge in [-0.25, -0.2) is 9.80 Å². The number of amides is 4. The first-order valence-corrected chi connectivity index (χ1v) is 11.6. The Bertz CT molecular complexity index is 1790. The molecule has 3 aromatic carbocycles. The van der Waals surface area contributed by atoms with Crippen LogP contribution in [0.15, 0.2) is 67.3 Å². The summed E-state index contributed by atoms with van der Waals surface area (Å²) in [5.74, 6) is -2.63. The van der Waals surface area contributed by atoms with Crippen LogP contribution in [0.3, 0.4) is 0 Å². The van der Waals surface area contributed by atoms with Gasteiger partial charge in [0.2, 0.25) is 5.91 Å². The Kier molecular flexibility index (Phi) is 5.79. The average molecular weight is 515 g/mol. The lowest BCUT2D eigenvalue weighted by molar-refractivity contribution is -0.117. The number of hydrogen-bond donors (Lipinski definition) is 2. The standard InChI is InChI=1S/C29H18N6O4/c1-2-3-20-26-21(29(39)35(28(20)38)18-7-5-16(14-31)24(33)11-18)9-8-19-22(26)12-25(36)34(27(19)37)17-6-4-15(13-30)23(32)10-17/h2-11H,1,12,32-33H2/b20-3+. The number of carbonyl (C=O) groups is 4. The molecule has 2 aliphatic rings. The largest absolute Gasteiger partial charge is 0.398 e. The van der Waals surface area contributed by atoms with Crippen molar-refractivity contribution in [1.82, 2.24) is 0 Å². The number of hydrogen-bond acceptors (Lipinski definition) is 8. The van der Waals surface area contributed by atoms with Crippen molar-refractivity contribution < 1.29 is 19.2 Å². The second-order valence-electron chi connectivity index (χ2n) is 8.75. The molecule has 2 heterocycles. The Labute approximate surface area is 222 Å². The van der Waals surface area contributed by atoms with E-state index in [2.05, 4.69) is 6.58 Å². The van der Waals surface area contributed by atoms with Gasteiger partial charge in [0, 0.05) is 22.3 Å². The summed E-state index contributed by atoms with van der Waals surface area (Å²) in [7, 11) is 0. The first-order chi connectivity index (χ1) is 18.7. The third-order valence-electron chi connectivity index (χ3n) is 6.57. The maximum Gasteiger partial charge on any atom is 0.265 e. The van der Waals surface area contributed by atoms with E-state index in [0.717, 1.165) is 9.80 Å². The molecule has 0 aliphatic carbocycles. The number of rotatable bonds is 3. The molecule has 0 atom stereocenters. The number of nitriles is 2. The molecule has 4 amide bonds. The molecule has 0 fully saturated rings. The molecule has 3 aromatic rings. The molecular formula is C29H18N6O4. The minimum absolute atomic E-state index is 0.0658. The van der Waals surface area contributed by atoms with Gasteiger partial charge in [0.05, 0.1) is 40.3 Å². The fourth-order valence-corrected chi connectivity index (χ4v) is 4.77. The number of anilines is 4. The molecule has 0 spiro atoms. The van der Waals surface area contributed by atoms with Crippen LogP contribution in [0.1, 0.15) is 43.0 Å². The number of fused-ring (bicyclic) bond motifs is 3. The summed E-state index contributed by atoms with van der Waals surface area (Å²) in [4.78, 5) is 55.9. The van der Waals surface area contributed by atoms with Crippen LogP contribution in [-0.4, -0.2) is 23.6 Å². The van der Waals surface area contributed by atoms with Crippen molar-refractivity contribution in [2.75, 3.05) is 21.3 Å². The lowest BCUT2D eigenvalue weighted by Gasteiger charge is -2.33. The number of benzene rings is 3. The number of carbonyl (C=O) groups excluding carboxylic acids is 4. The minimum atomic E-state index is -0.702. The first-order valence-electron chi connectivity index (χ1n) is 11.6. The van der Waals surface area contributed by atoms with E-state index < -0.39 is 23.6 Å². The summed E-state index contributed by atoms with van der Waals surface area (Å²) in [6.07, 6.45) is 2.51. The maximum atomic E-state index is 13.7. The van der Waals surface area contributed by atoms with Gasteiger partial charge in [0.15, 0.2) is 0 Å². The van der Waals surface area contributed by atoms with Gasteiger partial charge >= 0.3 is 0 Å². The molecule has 5 rings (SSSR count). The molecule has 188 valence electrons. The van der Waals surface area contributed by atoms with E-state index in [1.807, 2.05) is 12.1 Å². The topological polar surface area (TPSA) is 174 Å². The van der Waals surface area contributed by atoms with E-state index in [4.69, 9.17) is 16.7 Å². The van der Waals surface area contributed by atoms with Crippen molar-refractivity contribution in [3.63, 3.8) is 0 Å². The average Bonchev–Trinajstić information content (AvgIpc) is 2.91. The predicted molar refractivity (Wildman–Crippen MR) is 143 cm³/mol. The van der Waals surface area contributed by atoms with E-state index in [-0.39, 0.29) is 68.1 Å². The van der Waals surface area contributed by atoms with Gasteiger partial charge in [-0.3, -0.25) is 19.2 Å². The van der Waals surface area contributed by atoms with Crippen LogP contribution in [-0.2, 0) is 16.0 Å². The quantitative estimate of drug-likeness (QED) is 0.304. The summed E-state index contributed by atoms with van der Waals surface area (Å²) < 4.78 is 0. The second kappa shape index (κ2) is 9.14. The van der Waals surface area contributed by atoms with E-state index in [1.165, 1.54) is 60.7 Å². The van der Waals surface area contributed by atoms with Gasteiger partial charge in [-0.1, -0.05) is 12.7 Å². The number of nitrogens with two attached hydrogens (primary N) is 2. The van der Waals surface area contributed by atoms with Crippen LogP contribution in [0.25, 0.3) is 5.57 Å². The summed E-state index contributed by atoms with van der Waals surface area (Å²) in [6, 6.07) is 15.2. The summed E-state index contributed by atoms with van der Waals surface area (Å²) in [5, 5.41) is 18.3. The smallest absolute Gasteiger partial charge is 0.265 e. The molecule has 10 nitrogen and oxygen atoms in total. The molecule has 0 aromatic heterocycles. The molecule has 0 bridgehead atoms. The molecular weight excluding hydrogens is 496 g/mol. The van der Waals surface area contributed by atoms with Gasteiger partial charge in [-0.05, 0) is 60.2 Å². The molecule has 10 heteroatoms. The van der Waals surface area contributed by atoms with Crippen LogP contribution in [0, 0.1) is 22.7 Å². The molecule has 39 heavy (non-hydrogen) atoms. The van der Waals surface area contributed by atoms with Crippen LogP contribution in [0.2, 0.25) is 0 Å². The van der Waals surface area contributed by atoms with Crippen LogP contribution in [0.4, 0.5) is 22.7 Å². The van der Waals surface area contributed by atoms with E-state index >= 15 is 0 Å². The van der Waals surface area contributed by atoms with Gasteiger partial charge in [-0.15, -0.1) is 0 Å². The van der Waals surface area contributed by atoms with Crippen LogP contribution < -0.4 is 21.3 Å². The molecule has 0 saturated heterocycles. The third kappa shape index (κ3) is 3.72. The minimum Gasteiger partial charge on any atom is -0.398 e. The highest BCUT2D eigenvalue weighted by atomic mass is 16.2. The van der Waals surface area contributed by atoms with Crippen molar-refractivity contribution in [1.29, 1.82) is 10.5 Å². The van der Waals surface area contributed by atoms with Gasteiger partial charge in [-0.2, -0.15) is 10.5 Å². The fourth-order valence-electron chi connectivity index (χ4n) is 4.77. The van der Waals surface area contributed by atoms with E-state index in [1.54, 1.807) is 0 Å². The normalized spacial score (nSPS) is 15.5. The lowest BCUT2D eigenvalue weighted by atomic mass is 9.83. The highest BCUT2D eigenvalue weighted by Gasteiger charge is 2.42. The zero-order valence-corrected chi connectivity index (χ0v) is 20.3. The Morgan fingerprint density at radius 3 is 1.85 bits per heavy atom. The van der Waals surface area contributed by atoms with Crippen molar-refractivity contribution in [3.8, 4) is 12.1 Å². The first kappa shape index (κ1) is 24.7. The van der Waals surface area contributed by atoms with E-state index in [9.17, 15) is 24.4 Å². The highest BCUT2D eigenvalue weighted by molar-refractivity contribution is 6.42. The number of nitrogens with zero attached hydrogens (tertiary/aromatic N) is 4. The summed E-state index contributed by atoms with van der Waals surface area (Å²) in [6.45, 7) is 3.67. The predicted octanol–water partition coefficient (Wildman–Crippen LogP) is 3.08. The summed E-state index contributed by atoms with van der Waals surface area (Å²) in [5.41, 5.74) is 13.5.